The minimum atomic E-state index is -0.233. The van der Waals surface area contributed by atoms with Gasteiger partial charge >= 0.3 is 0 Å². The average Bonchev–Trinajstić information content (AvgIpc) is 2.70. The molecule has 1 aromatic rings. The molecule has 0 amide bonds. The fourth-order valence-corrected chi connectivity index (χ4v) is 2.79. The highest BCUT2D eigenvalue weighted by Crippen LogP contribution is 2.25. The zero-order chi connectivity index (χ0) is 15.1. The molecule has 1 aliphatic carbocycles. The highest BCUT2D eigenvalue weighted by molar-refractivity contribution is 5.29. The number of nitrogens with one attached hydrogen (secondary N) is 1. The van der Waals surface area contributed by atoms with Crippen LogP contribution in [-0.2, 0) is 6.54 Å². The molecule has 3 heteroatoms. The molecule has 118 valence electrons. The van der Waals surface area contributed by atoms with Gasteiger partial charge in [-0.3, -0.25) is 0 Å². The molecule has 1 aromatic carbocycles. The van der Waals surface area contributed by atoms with Gasteiger partial charge in [0.1, 0.15) is 0 Å². The molecular formula is C18H28FNO. The highest BCUT2D eigenvalue weighted by atomic mass is 19.1. The third-order valence-electron chi connectivity index (χ3n) is 3.97. The van der Waals surface area contributed by atoms with Crippen molar-refractivity contribution in [1.29, 1.82) is 0 Å². The second kappa shape index (κ2) is 8.38. The Morgan fingerprint density at radius 1 is 1.19 bits per heavy atom. The van der Waals surface area contributed by atoms with E-state index in [1.165, 1.54) is 25.7 Å². The van der Waals surface area contributed by atoms with Gasteiger partial charge in [0, 0.05) is 6.54 Å². The van der Waals surface area contributed by atoms with Crippen molar-refractivity contribution in [2.45, 2.75) is 65.0 Å². The molecule has 0 radical (unpaired) electrons. The summed E-state index contributed by atoms with van der Waals surface area (Å²) < 4.78 is 20.0. The molecule has 21 heavy (non-hydrogen) atoms. The summed E-state index contributed by atoms with van der Waals surface area (Å²) in [5, 5.41) is 3.33. The molecule has 1 aliphatic rings. The summed E-state index contributed by atoms with van der Waals surface area (Å²) in [4.78, 5) is 0. The first-order valence-electron chi connectivity index (χ1n) is 8.31. The van der Waals surface area contributed by atoms with Gasteiger partial charge in [0.25, 0.3) is 0 Å². The summed E-state index contributed by atoms with van der Waals surface area (Å²) >= 11 is 0. The molecule has 1 saturated carbocycles. The smallest absolute Gasteiger partial charge is 0.165 e. The topological polar surface area (TPSA) is 21.3 Å². The quantitative estimate of drug-likeness (QED) is 0.769. The van der Waals surface area contributed by atoms with Crippen LogP contribution in [0.3, 0.4) is 0 Å². The monoisotopic (exact) mass is 293 g/mol. The normalized spacial score (nSPS) is 17.0. The van der Waals surface area contributed by atoms with E-state index in [2.05, 4.69) is 19.2 Å². The zero-order valence-corrected chi connectivity index (χ0v) is 13.3. The van der Waals surface area contributed by atoms with E-state index in [-0.39, 0.29) is 11.9 Å². The number of benzene rings is 1. The molecule has 1 fully saturated rings. The summed E-state index contributed by atoms with van der Waals surface area (Å²) in [5.41, 5.74) is 0.973. The second-order valence-electron chi connectivity index (χ2n) is 6.52. The second-order valence-corrected chi connectivity index (χ2v) is 6.52. The predicted octanol–water partition coefficient (Wildman–Crippen LogP) is 4.67. The molecular weight excluding hydrogens is 265 g/mol. The standard InChI is InChI=1S/C18H28FNO/c1-14(2)12-20-13-15-9-10-18(17(19)11-15)21-16-7-5-3-4-6-8-16/h9-11,14,16,20H,3-8,12-13H2,1-2H3. The number of hydrogen-bond donors (Lipinski definition) is 1. The van der Waals surface area contributed by atoms with E-state index in [9.17, 15) is 4.39 Å². The van der Waals surface area contributed by atoms with E-state index in [1.807, 2.05) is 6.07 Å². The Morgan fingerprint density at radius 2 is 1.90 bits per heavy atom. The van der Waals surface area contributed by atoms with Crippen LogP contribution in [0, 0.1) is 11.7 Å². The Bertz CT molecular complexity index is 425. The van der Waals surface area contributed by atoms with Crippen LogP contribution in [-0.4, -0.2) is 12.6 Å². The van der Waals surface area contributed by atoms with Crippen LogP contribution in [0.5, 0.6) is 5.75 Å². The Hall–Kier alpha value is -1.09. The molecule has 1 N–H and O–H groups in total. The number of ether oxygens (including phenoxy) is 1. The van der Waals surface area contributed by atoms with E-state index < -0.39 is 0 Å². The van der Waals surface area contributed by atoms with Gasteiger partial charge in [-0.15, -0.1) is 0 Å². The van der Waals surface area contributed by atoms with Crippen molar-refractivity contribution in [3.63, 3.8) is 0 Å². The highest BCUT2D eigenvalue weighted by Gasteiger charge is 2.15. The number of hydrogen-bond acceptors (Lipinski definition) is 2. The maximum Gasteiger partial charge on any atom is 0.165 e. The summed E-state index contributed by atoms with van der Waals surface area (Å²) in [6.45, 7) is 5.98. The molecule has 2 nitrogen and oxygen atoms in total. The summed E-state index contributed by atoms with van der Waals surface area (Å²) in [5.74, 6) is 0.783. The van der Waals surface area contributed by atoms with Crippen LogP contribution in [0.15, 0.2) is 18.2 Å². The van der Waals surface area contributed by atoms with Gasteiger partial charge in [-0.25, -0.2) is 4.39 Å². The van der Waals surface area contributed by atoms with E-state index in [0.29, 0.717) is 18.2 Å². The Morgan fingerprint density at radius 3 is 2.52 bits per heavy atom. The van der Waals surface area contributed by atoms with Crippen molar-refractivity contribution in [2.24, 2.45) is 5.92 Å². The van der Waals surface area contributed by atoms with Crippen molar-refractivity contribution >= 4 is 0 Å². The summed E-state index contributed by atoms with van der Waals surface area (Å²) in [6, 6.07) is 5.34. The molecule has 0 aromatic heterocycles. The number of halogens is 1. The Labute approximate surface area is 128 Å². The largest absolute Gasteiger partial charge is 0.487 e. The van der Waals surface area contributed by atoms with E-state index in [4.69, 9.17) is 4.74 Å². The molecule has 0 bridgehead atoms. The van der Waals surface area contributed by atoms with Crippen molar-refractivity contribution in [1.82, 2.24) is 5.32 Å². The maximum absolute atomic E-state index is 14.1. The molecule has 2 rings (SSSR count). The maximum atomic E-state index is 14.1. The first-order chi connectivity index (χ1) is 10.1. The minimum absolute atomic E-state index is 0.187. The van der Waals surface area contributed by atoms with Crippen LogP contribution in [0.4, 0.5) is 4.39 Å². The third kappa shape index (κ3) is 5.66. The van der Waals surface area contributed by atoms with Gasteiger partial charge in [0.15, 0.2) is 11.6 Å². The lowest BCUT2D eigenvalue weighted by Gasteiger charge is -2.18. The van der Waals surface area contributed by atoms with Crippen molar-refractivity contribution in [3.8, 4) is 5.75 Å². The lowest BCUT2D eigenvalue weighted by molar-refractivity contribution is 0.176. The lowest BCUT2D eigenvalue weighted by atomic mass is 10.1. The van der Waals surface area contributed by atoms with Gasteiger partial charge in [-0.05, 0) is 55.8 Å². The third-order valence-corrected chi connectivity index (χ3v) is 3.97. The van der Waals surface area contributed by atoms with Crippen molar-refractivity contribution in [2.75, 3.05) is 6.54 Å². The molecule has 0 spiro atoms. The van der Waals surface area contributed by atoms with Crippen molar-refractivity contribution < 1.29 is 9.13 Å². The van der Waals surface area contributed by atoms with E-state index in [0.717, 1.165) is 24.9 Å². The van der Waals surface area contributed by atoms with Crippen LogP contribution in [0.2, 0.25) is 0 Å². The number of rotatable bonds is 6. The summed E-state index contributed by atoms with van der Waals surface area (Å²) in [6.07, 6.45) is 7.25. The van der Waals surface area contributed by atoms with E-state index >= 15 is 0 Å². The Kier molecular flexibility index (Phi) is 6.50. The first kappa shape index (κ1) is 16.3. The predicted molar refractivity (Wildman–Crippen MR) is 85.1 cm³/mol. The molecule has 0 heterocycles. The SMILES string of the molecule is CC(C)CNCc1ccc(OC2CCCCCC2)c(F)c1. The Balaban J connectivity index is 1.88. The van der Waals surface area contributed by atoms with Crippen LogP contribution >= 0.6 is 0 Å². The van der Waals surface area contributed by atoms with Crippen molar-refractivity contribution in [3.05, 3.63) is 29.6 Å². The van der Waals surface area contributed by atoms with Gasteiger partial charge in [0.05, 0.1) is 6.10 Å². The van der Waals surface area contributed by atoms with E-state index in [1.54, 1.807) is 12.1 Å². The van der Waals surface area contributed by atoms with Gasteiger partial charge in [-0.2, -0.15) is 0 Å². The van der Waals surface area contributed by atoms with Gasteiger partial charge in [-0.1, -0.05) is 32.8 Å². The van der Waals surface area contributed by atoms with Crippen LogP contribution in [0.1, 0.15) is 57.9 Å². The fourth-order valence-electron chi connectivity index (χ4n) is 2.79. The fraction of sp³-hybridized carbons (Fsp3) is 0.667. The zero-order valence-electron chi connectivity index (χ0n) is 13.3. The lowest BCUT2D eigenvalue weighted by Crippen LogP contribution is -2.19. The molecule has 0 aliphatic heterocycles. The molecule has 0 atom stereocenters. The van der Waals surface area contributed by atoms with Crippen LogP contribution in [0.25, 0.3) is 0 Å². The average molecular weight is 293 g/mol. The first-order valence-corrected chi connectivity index (χ1v) is 8.31. The van der Waals surface area contributed by atoms with Crippen LogP contribution < -0.4 is 10.1 Å². The summed E-state index contributed by atoms with van der Waals surface area (Å²) in [7, 11) is 0. The molecule has 0 saturated heterocycles. The van der Waals surface area contributed by atoms with Gasteiger partial charge in [0.2, 0.25) is 0 Å². The minimum Gasteiger partial charge on any atom is -0.487 e. The molecule has 0 unspecified atom stereocenters. The van der Waals surface area contributed by atoms with Gasteiger partial charge < -0.3 is 10.1 Å².